The number of anilines is 1. The molecule has 0 bridgehead atoms. The number of aryl methyl sites for hydroxylation is 3. The second kappa shape index (κ2) is 11.9. The Hall–Kier alpha value is -4.17. The van der Waals surface area contributed by atoms with Gasteiger partial charge in [0.2, 0.25) is 0 Å². The first-order chi connectivity index (χ1) is 18.2. The van der Waals surface area contributed by atoms with E-state index in [-0.39, 0.29) is 6.42 Å². The van der Waals surface area contributed by atoms with Crippen LogP contribution in [0.4, 0.5) is 5.82 Å². The first kappa shape index (κ1) is 26.9. The fourth-order valence-corrected chi connectivity index (χ4v) is 4.59. The largest absolute Gasteiger partial charge is 0.480 e. The fraction of sp³-hybridized carbons (Fsp3) is 0.241. The number of aromatic amines is 1. The molecule has 38 heavy (non-hydrogen) atoms. The number of aromatic nitrogens is 3. The molecule has 4 aromatic rings. The summed E-state index contributed by atoms with van der Waals surface area (Å²) in [4.78, 5) is 37.1. The number of carboxylic acid groups (broad SMARTS) is 1. The number of imidazole rings is 1. The Bertz CT molecular complexity index is 1450. The summed E-state index contributed by atoms with van der Waals surface area (Å²) in [6.45, 7) is 6.29. The van der Waals surface area contributed by atoms with Gasteiger partial charge in [0.05, 0.1) is 18.4 Å². The van der Waals surface area contributed by atoms with Crippen molar-refractivity contribution in [1.29, 1.82) is 0 Å². The van der Waals surface area contributed by atoms with Crippen molar-refractivity contribution < 1.29 is 14.7 Å². The number of carbonyl (C=O) groups is 2. The number of carboxylic acids is 1. The van der Waals surface area contributed by atoms with Gasteiger partial charge in [0.15, 0.2) is 0 Å². The van der Waals surface area contributed by atoms with Crippen molar-refractivity contribution in [2.75, 3.05) is 5.32 Å². The van der Waals surface area contributed by atoms with E-state index in [2.05, 4.69) is 25.6 Å². The second-order valence-corrected chi connectivity index (χ2v) is 9.64. The summed E-state index contributed by atoms with van der Waals surface area (Å²) in [5.41, 5.74) is 5.65. The molecule has 0 saturated carbocycles. The molecule has 1 unspecified atom stereocenters. The van der Waals surface area contributed by atoms with Crippen molar-refractivity contribution in [2.45, 2.75) is 46.2 Å². The first-order valence-electron chi connectivity index (χ1n) is 12.4. The maximum Gasteiger partial charge on any atom is 0.326 e. The number of carbonyl (C=O) groups excluding carboxylic acids is 1. The number of benzene rings is 2. The highest BCUT2D eigenvalue weighted by molar-refractivity contribution is 6.30. The lowest BCUT2D eigenvalue weighted by atomic mass is 9.98. The highest BCUT2D eigenvalue weighted by Gasteiger charge is 2.23. The summed E-state index contributed by atoms with van der Waals surface area (Å²) in [6.07, 6.45) is 4.29. The summed E-state index contributed by atoms with van der Waals surface area (Å²) in [6, 6.07) is 13.7. The average molecular weight is 532 g/mol. The van der Waals surface area contributed by atoms with Gasteiger partial charge in [0.1, 0.15) is 17.7 Å². The van der Waals surface area contributed by atoms with Crippen LogP contribution in [0.15, 0.2) is 60.9 Å². The minimum atomic E-state index is -1.10. The van der Waals surface area contributed by atoms with Gasteiger partial charge >= 0.3 is 5.97 Å². The maximum atomic E-state index is 13.0. The van der Waals surface area contributed by atoms with E-state index in [4.69, 9.17) is 11.6 Å². The number of hydrogen-bond acceptors (Lipinski definition) is 5. The zero-order chi connectivity index (χ0) is 27.2. The lowest BCUT2D eigenvalue weighted by Crippen LogP contribution is -2.42. The molecule has 1 amide bonds. The summed E-state index contributed by atoms with van der Waals surface area (Å²) in [5, 5.41) is 16.3. The number of pyridine rings is 1. The van der Waals surface area contributed by atoms with Crippen LogP contribution < -0.4 is 10.6 Å². The standard InChI is InChI=1S/C29H30ClN5O3/c1-4-20-14-22(30)12-18(3)26(20)28(36)35-24(29(37)38)13-19-5-7-21(8-6-19)27-33-16-23(34-27)15-32-25-11-17(2)9-10-31-25/h5-12,14,16,24H,4,13,15H2,1-3H3,(H,31,32)(H,33,34)(H,35,36)(H,37,38). The predicted molar refractivity (Wildman–Crippen MR) is 148 cm³/mol. The molecular formula is C29H30ClN5O3. The molecule has 2 heterocycles. The molecule has 0 saturated heterocycles. The molecule has 0 aliphatic rings. The molecule has 0 aliphatic carbocycles. The van der Waals surface area contributed by atoms with E-state index in [1.54, 1.807) is 31.5 Å². The Kier molecular flexibility index (Phi) is 8.43. The van der Waals surface area contributed by atoms with Crippen LogP contribution in [0.5, 0.6) is 0 Å². The van der Waals surface area contributed by atoms with Gasteiger partial charge in [-0.3, -0.25) is 4.79 Å². The molecule has 0 radical (unpaired) electrons. The number of amides is 1. The number of aliphatic carboxylic acids is 1. The number of nitrogens with one attached hydrogen (secondary N) is 3. The Morgan fingerprint density at radius 3 is 2.53 bits per heavy atom. The van der Waals surface area contributed by atoms with Crippen LogP contribution in [0.1, 0.15) is 45.2 Å². The van der Waals surface area contributed by atoms with Crippen molar-refractivity contribution in [3.05, 3.63) is 99.5 Å². The van der Waals surface area contributed by atoms with E-state index < -0.39 is 17.9 Å². The minimum absolute atomic E-state index is 0.145. The van der Waals surface area contributed by atoms with Crippen LogP contribution in [0, 0.1) is 13.8 Å². The lowest BCUT2D eigenvalue weighted by molar-refractivity contribution is -0.139. The van der Waals surface area contributed by atoms with Gasteiger partial charge in [0.25, 0.3) is 5.91 Å². The predicted octanol–water partition coefficient (Wildman–Crippen LogP) is 5.34. The highest BCUT2D eigenvalue weighted by atomic mass is 35.5. The molecule has 0 spiro atoms. The number of hydrogen-bond donors (Lipinski definition) is 4. The third-order valence-electron chi connectivity index (χ3n) is 6.26. The van der Waals surface area contributed by atoms with Crippen LogP contribution in [0.3, 0.4) is 0 Å². The van der Waals surface area contributed by atoms with Gasteiger partial charge in [-0.2, -0.15) is 0 Å². The van der Waals surface area contributed by atoms with Gasteiger partial charge in [-0.05, 0) is 66.8 Å². The van der Waals surface area contributed by atoms with Crippen molar-refractivity contribution in [1.82, 2.24) is 20.3 Å². The summed E-state index contributed by atoms with van der Waals surface area (Å²) < 4.78 is 0. The molecule has 0 fully saturated rings. The van der Waals surface area contributed by atoms with Crippen molar-refractivity contribution >= 4 is 29.3 Å². The van der Waals surface area contributed by atoms with E-state index in [1.165, 1.54) is 0 Å². The third-order valence-corrected chi connectivity index (χ3v) is 6.48. The van der Waals surface area contributed by atoms with E-state index in [0.29, 0.717) is 34.9 Å². The quantitative estimate of drug-likeness (QED) is 0.219. The van der Waals surface area contributed by atoms with Gasteiger partial charge < -0.3 is 20.7 Å². The van der Waals surface area contributed by atoms with Crippen molar-refractivity contribution in [3.63, 3.8) is 0 Å². The molecule has 0 aliphatic heterocycles. The van der Waals surface area contributed by atoms with Crippen LogP contribution in [0.25, 0.3) is 11.4 Å². The third kappa shape index (κ3) is 6.58. The molecule has 4 rings (SSSR count). The van der Waals surface area contributed by atoms with E-state index in [1.807, 2.05) is 50.2 Å². The normalized spacial score (nSPS) is 11.7. The second-order valence-electron chi connectivity index (χ2n) is 9.20. The summed E-state index contributed by atoms with van der Waals surface area (Å²) in [7, 11) is 0. The SMILES string of the molecule is CCc1cc(Cl)cc(C)c1C(=O)NC(Cc1ccc(-c2ncc(CNc3cc(C)ccn3)[nH]2)cc1)C(=O)O. The van der Waals surface area contributed by atoms with E-state index >= 15 is 0 Å². The highest BCUT2D eigenvalue weighted by Crippen LogP contribution is 2.22. The molecule has 8 nitrogen and oxygen atoms in total. The summed E-state index contributed by atoms with van der Waals surface area (Å²) >= 11 is 6.14. The number of nitrogens with zero attached hydrogens (tertiary/aromatic N) is 2. The Labute approximate surface area is 226 Å². The molecular weight excluding hydrogens is 502 g/mol. The maximum absolute atomic E-state index is 13.0. The summed E-state index contributed by atoms with van der Waals surface area (Å²) in [5.74, 6) is -0.0161. The van der Waals surface area contributed by atoms with E-state index in [9.17, 15) is 14.7 Å². The minimum Gasteiger partial charge on any atom is -0.480 e. The van der Waals surface area contributed by atoms with Crippen LogP contribution in [-0.2, 0) is 24.2 Å². The molecule has 196 valence electrons. The molecule has 4 N–H and O–H groups in total. The smallest absolute Gasteiger partial charge is 0.326 e. The fourth-order valence-electron chi connectivity index (χ4n) is 4.30. The Morgan fingerprint density at radius 2 is 1.84 bits per heavy atom. The van der Waals surface area contributed by atoms with Crippen molar-refractivity contribution in [2.24, 2.45) is 0 Å². The lowest BCUT2D eigenvalue weighted by Gasteiger charge is -2.18. The average Bonchev–Trinajstić information content (AvgIpc) is 3.36. The van der Waals surface area contributed by atoms with Gasteiger partial charge in [-0.1, -0.05) is 42.8 Å². The Morgan fingerprint density at radius 1 is 1.08 bits per heavy atom. The van der Waals surface area contributed by atoms with E-state index in [0.717, 1.165) is 33.8 Å². The Balaban J connectivity index is 1.41. The van der Waals surface area contributed by atoms with Gasteiger partial charge in [-0.25, -0.2) is 14.8 Å². The van der Waals surface area contributed by atoms with Crippen LogP contribution in [0.2, 0.25) is 5.02 Å². The number of H-pyrrole nitrogens is 1. The first-order valence-corrected chi connectivity index (χ1v) is 12.7. The zero-order valence-corrected chi connectivity index (χ0v) is 22.3. The molecule has 9 heteroatoms. The number of halogens is 1. The van der Waals surface area contributed by atoms with Crippen molar-refractivity contribution in [3.8, 4) is 11.4 Å². The topological polar surface area (TPSA) is 120 Å². The van der Waals surface area contributed by atoms with Crippen LogP contribution >= 0.6 is 11.6 Å². The van der Waals surface area contributed by atoms with Gasteiger partial charge in [-0.15, -0.1) is 0 Å². The molecule has 2 aromatic heterocycles. The molecule has 1 atom stereocenters. The zero-order valence-electron chi connectivity index (χ0n) is 21.5. The van der Waals surface area contributed by atoms with Crippen LogP contribution in [-0.4, -0.2) is 38.0 Å². The van der Waals surface area contributed by atoms with Gasteiger partial charge in [0, 0.05) is 28.8 Å². The number of rotatable bonds is 10. The molecule has 2 aromatic carbocycles. The monoisotopic (exact) mass is 531 g/mol.